The van der Waals surface area contributed by atoms with Crippen molar-refractivity contribution in [2.75, 3.05) is 11.9 Å². The lowest BCUT2D eigenvalue weighted by Crippen LogP contribution is -2.28. The van der Waals surface area contributed by atoms with Crippen LogP contribution in [0.15, 0.2) is 48.5 Å². The Morgan fingerprint density at radius 2 is 1.81 bits per heavy atom. The van der Waals surface area contributed by atoms with Crippen molar-refractivity contribution in [1.82, 2.24) is 5.32 Å². The van der Waals surface area contributed by atoms with Crippen molar-refractivity contribution in [1.29, 1.82) is 0 Å². The number of nitrogens with one attached hydrogen (secondary N) is 2. The molecular weight excluding hydrogens is 335 g/mol. The van der Waals surface area contributed by atoms with Crippen LogP contribution in [0.5, 0.6) is 0 Å². The molecule has 0 saturated carbocycles. The number of anilines is 1. The lowest BCUT2D eigenvalue weighted by Gasteiger charge is -2.19. The molecule has 5 nitrogen and oxygen atoms in total. The third kappa shape index (κ3) is 6.55. The van der Waals surface area contributed by atoms with E-state index in [9.17, 15) is 14.0 Å². The normalized spacial score (nSPS) is 10.9. The van der Waals surface area contributed by atoms with E-state index in [1.165, 1.54) is 12.1 Å². The molecule has 0 bridgehead atoms. The van der Waals surface area contributed by atoms with Gasteiger partial charge in [-0.15, -0.1) is 0 Å². The quantitative estimate of drug-likeness (QED) is 0.844. The summed E-state index contributed by atoms with van der Waals surface area (Å²) in [7, 11) is 0. The summed E-state index contributed by atoms with van der Waals surface area (Å²) in [5.74, 6) is -0.566. The van der Waals surface area contributed by atoms with Crippen molar-refractivity contribution in [3.05, 3.63) is 65.5 Å². The summed E-state index contributed by atoms with van der Waals surface area (Å²) in [6.45, 7) is 5.70. The number of carbonyl (C=O) groups is 2. The average molecular weight is 358 g/mol. The van der Waals surface area contributed by atoms with E-state index in [1.54, 1.807) is 57.2 Å². The van der Waals surface area contributed by atoms with Crippen LogP contribution in [0.1, 0.15) is 36.7 Å². The van der Waals surface area contributed by atoms with Crippen molar-refractivity contribution in [3.8, 4) is 0 Å². The second-order valence-electron chi connectivity index (χ2n) is 6.84. The van der Waals surface area contributed by atoms with Gasteiger partial charge in [0.1, 0.15) is 11.4 Å². The maximum Gasteiger partial charge on any atom is 0.412 e. The summed E-state index contributed by atoms with van der Waals surface area (Å²) in [6, 6.07) is 12.8. The Balaban J connectivity index is 1.90. The molecular formula is C20H23FN2O3. The van der Waals surface area contributed by atoms with E-state index in [0.29, 0.717) is 24.2 Å². The minimum atomic E-state index is -0.601. The third-order valence-electron chi connectivity index (χ3n) is 3.36. The molecule has 0 aromatic heterocycles. The molecule has 0 radical (unpaired) electrons. The summed E-state index contributed by atoms with van der Waals surface area (Å²) in [5.41, 5.74) is 1.09. The zero-order chi connectivity index (χ0) is 19.2. The van der Waals surface area contributed by atoms with E-state index in [1.807, 2.05) is 0 Å². The molecule has 0 fully saturated rings. The lowest BCUT2D eigenvalue weighted by atomic mass is 10.1. The van der Waals surface area contributed by atoms with Crippen LogP contribution >= 0.6 is 0 Å². The Hall–Kier alpha value is -2.89. The Morgan fingerprint density at radius 1 is 1.08 bits per heavy atom. The standard InChI is InChI=1S/C20H23FN2O3/c1-20(2,3)26-19(25)23-17-9-5-7-15(13-17)18(24)22-11-10-14-6-4-8-16(21)12-14/h4-9,12-13H,10-11H2,1-3H3,(H,22,24)(H,23,25). The van der Waals surface area contributed by atoms with Crippen LogP contribution in [0.2, 0.25) is 0 Å². The second-order valence-corrected chi connectivity index (χ2v) is 6.84. The fraction of sp³-hybridized carbons (Fsp3) is 0.300. The summed E-state index contributed by atoms with van der Waals surface area (Å²) >= 11 is 0. The predicted octanol–water partition coefficient (Wildman–Crippen LogP) is 4.15. The van der Waals surface area contributed by atoms with Gasteiger partial charge in [0.15, 0.2) is 0 Å². The largest absolute Gasteiger partial charge is 0.444 e. The number of ether oxygens (including phenoxy) is 1. The molecule has 0 spiro atoms. The molecule has 0 aliphatic rings. The first-order valence-corrected chi connectivity index (χ1v) is 8.36. The van der Waals surface area contributed by atoms with Gasteiger partial charge in [0.25, 0.3) is 5.91 Å². The molecule has 2 aromatic carbocycles. The average Bonchev–Trinajstić information content (AvgIpc) is 2.53. The maximum atomic E-state index is 13.1. The number of hydrogen-bond acceptors (Lipinski definition) is 3. The van der Waals surface area contributed by atoms with Crippen LogP contribution in [0.25, 0.3) is 0 Å². The van der Waals surface area contributed by atoms with Crippen LogP contribution in [-0.4, -0.2) is 24.1 Å². The van der Waals surface area contributed by atoms with Crippen LogP contribution in [0.3, 0.4) is 0 Å². The molecule has 2 amide bonds. The van der Waals surface area contributed by atoms with Crippen LogP contribution in [0.4, 0.5) is 14.9 Å². The highest BCUT2D eigenvalue weighted by Crippen LogP contribution is 2.14. The third-order valence-corrected chi connectivity index (χ3v) is 3.36. The Kier molecular flexibility index (Phi) is 6.33. The summed E-state index contributed by atoms with van der Waals surface area (Å²) < 4.78 is 18.3. The monoisotopic (exact) mass is 358 g/mol. The van der Waals surface area contributed by atoms with E-state index in [2.05, 4.69) is 10.6 Å². The first kappa shape index (κ1) is 19.4. The zero-order valence-corrected chi connectivity index (χ0v) is 15.1. The lowest BCUT2D eigenvalue weighted by molar-refractivity contribution is 0.0635. The number of benzene rings is 2. The summed E-state index contributed by atoms with van der Waals surface area (Å²) in [4.78, 5) is 24.0. The van der Waals surface area contributed by atoms with Gasteiger partial charge in [-0.2, -0.15) is 0 Å². The van der Waals surface area contributed by atoms with Gasteiger partial charge in [-0.3, -0.25) is 10.1 Å². The highest BCUT2D eigenvalue weighted by molar-refractivity contribution is 5.96. The predicted molar refractivity (Wildman–Crippen MR) is 98.7 cm³/mol. The molecule has 6 heteroatoms. The Labute approximate surface area is 152 Å². The SMILES string of the molecule is CC(C)(C)OC(=O)Nc1cccc(C(=O)NCCc2cccc(F)c2)c1. The van der Waals surface area contributed by atoms with Gasteiger partial charge in [-0.1, -0.05) is 18.2 Å². The van der Waals surface area contributed by atoms with Crippen molar-refractivity contribution in [3.63, 3.8) is 0 Å². The molecule has 2 rings (SSSR count). The zero-order valence-electron chi connectivity index (χ0n) is 15.1. The van der Waals surface area contributed by atoms with Crippen LogP contribution < -0.4 is 10.6 Å². The van der Waals surface area contributed by atoms with Crippen molar-refractivity contribution in [2.45, 2.75) is 32.8 Å². The number of hydrogen-bond donors (Lipinski definition) is 2. The van der Waals surface area contributed by atoms with Gasteiger partial charge >= 0.3 is 6.09 Å². The molecule has 138 valence electrons. The number of amides is 2. The van der Waals surface area contributed by atoms with Gasteiger partial charge in [-0.05, 0) is 63.1 Å². The molecule has 0 heterocycles. The van der Waals surface area contributed by atoms with Gasteiger partial charge < -0.3 is 10.1 Å². The first-order chi connectivity index (χ1) is 12.2. The topological polar surface area (TPSA) is 67.4 Å². The van der Waals surface area contributed by atoms with E-state index in [0.717, 1.165) is 5.56 Å². The van der Waals surface area contributed by atoms with Crippen molar-refractivity contribution >= 4 is 17.7 Å². The minimum absolute atomic E-state index is 0.269. The molecule has 0 atom stereocenters. The highest BCUT2D eigenvalue weighted by atomic mass is 19.1. The second kappa shape index (κ2) is 8.47. The Morgan fingerprint density at radius 3 is 2.50 bits per heavy atom. The fourth-order valence-corrected chi connectivity index (χ4v) is 2.27. The summed E-state index contributed by atoms with van der Waals surface area (Å²) in [6.07, 6.45) is -0.0551. The number of carbonyl (C=O) groups excluding carboxylic acids is 2. The molecule has 26 heavy (non-hydrogen) atoms. The van der Waals surface area contributed by atoms with Gasteiger partial charge in [0.2, 0.25) is 0 Å². The molecule has 0 aliphatic heterocycles. The number of halogens is 1. The smallest absolute Gasteiger partial charge is 0.412 e. The summed E-state index contributed by atoms with van der Waals surface area (Å²) in [5, 5.41) is 5.38. The molecule has 0 unspecified atom stereocenters. The maximum absolute atomic E-state index is 13.1. The fourth-order valence-electron chi connectivity index (χ4n) is 2.27. The molecule has 2 aromatic rings. The van der Waals surface area contributed by atoms with Crippen molar-refractivity contribution < 1.29 is 18.7 Å². The van der Waals surface area contributed by atoms with Crippen molar-refractivity contribution in [2.24, 2.45) is 0 Å². The van der Waals surface area contributed by atoms with Crippen LogP contribution in [-0.2, 0) is 11.2 Å². The van der Waals surface area contributed by atoms with Gasteiger partial charge in [-0.25, -0.2) is 9.18 Å². The molecule has 2 N–H and O–H groups in total. The first-order valence-electron chi connectivity index (χ1n) is 8.36. The Bertz CT molecular complexity index is 785. The minimum Gasteiger partial charge on any atom is -0.444 e. The van der Waals surface area contributed by atoms with E-state index in [-0.39, 0.29) is 11.7 Å². The molecule has 0 saturated heterocycles. The van der Waals surface area contributed by atoms with Crippen LogP contribution in [0, 0.1) is 5.82 Å². The molecule has 0 aliphatic carbocycles. The van der Waals surface area contributed by atoms with E-state index in [4.69, 9.17) is 4.74 Å². The van der Waals surface area contributed by atoms with E-state index < -0.39 is 11.7 Å². The van der Waals surface area contributed by atoms with Gasteiger partial charge in [0.05, 0.1) is 0 Å². The number of rotatable bonds is 5. The van der Waals surface area contributed by atoms with E-state index >= 15 is 0 Å². The van der Waals surface area contributed by atoms with Gasteiger partial charge in [0, 0.05) is 17.8 Å². The highest BCUT2D eigenvalue weighted by Gasteiger charge is 2.16.